The zero-order valence-corrected chi connectivity index (χ0v) is 21.7. The van der Waals surface area contributed by atoms with Crippen LogP contribution in [-0.4, -0.2) is 35.5 Å². The highest BCUT2D eigenvalue weighted by Gasteiger charge is 2.38. The summed E-state index contributed by atoms with van der Waals surface area (Å²) < 4.78 is 13.3. The Kier molecular flexibility index (Phi) is 7.56. The Hall–Kier alpha value is -3.38. The van der Waals surface area contributed by atoms with Crippen LogP contribution in [0.25, 0.3) is 0 Å². The van der Waals surface area contributed by atoms with Gasteiger partial charge in [0.05, 0.1) is 24.7 Å². The highest BCUT2D eigenvalue weighted by Crippen LogP contribution is 2.38. The van der Waals surface area contributed by atoms with Gasteiger partial charge in [-0.25, -0.2) is 0 Å². The first-order valence-corrected chi connectivity index (χ1v) is 11.4. The lowest BCUT2D eigenvalue weighted by molar-refractivity contribution is -0.492. The number of hydrogen-bond acceptors (Lipinski definition) is 4. The van der Waals surface area contributed by atoms with E-state index in [-0.39, 0.29) is 34.5 Å². The molecule has 0 aliphatic carbocycles. The van der Waals surface area contributed by atoms with E-state index in [2.05, 4.69) is 56.5 Å². The van der Waals surface area contributed by atoms with Gasteiger partial charge in [-0.2, -0.15) is 4.58 Å². The van der Waals surface area contributed by atoms with Gasteiger partial charge in [0.1, 0.15) is 0 Å². The van der Waals surface area contributed by atoms with E-state index in [0.29, 0.717) is 23.6 Å². The molecular weight excluding hydrogens is 464 g/mol. The average Bonchev–Trinajstić information content (AvgIpc) is 2.81. The molecule has 0 saturated heterocycles. The molecule has 0 amide bonds. The van der Waals surface area contributed by atoms with Crippen molar-refractivity contribution in [2.45, 2.75) is 45.6 Å². The van der Waals surface area contributed by atoms with E-state index in [1.165, 1.54) is 5.56 Å². The van der Waals surface area contributed by atoms with Crippen molar-refractivity contribution in [3.8, 4) is 11.5 Å². The Morgan fingerprint density at radius 1 is 0.971 bits per heavy atom. The third-order valence-electron chi connectivity index (χ3n) is 6.42. The molecule has 1 heterocycles. The molecule has 184 valence electrons. The number of rotatable bonds is 5. The maximum absolute atomic E-state index is 11.9. The molecule has 0 spiro atoms. The zero-order chi connectivity index (χ0) is 24.6. The zero-order valence-electron chi connectivity index (χ0n) is 21.0. The Morgan fingerprint density at radius 3 is 2.14 bits per heavy atom. The molecule has 7 heteroatoms. The number of hydrogen-bond donors (Lipinski definition) is 0. The second kappa shape index (κ2) is 10.1. The second-order valence-electron chi connectivity index (χ2n) is 9.71. The summed E-state index contributed by atoms with van der Waals surface area (Å²) in [5.74, 6) is 1.30. The fraction of sp³-hybridized carbons (Fsp3) is 0.321. The van der Waals surface area contributed by atoms with Crippen molar-refractivity contribution in [2.24, 2.45) is 0 Å². The van der Waals surface area contributed by atoms with E-state index >= 15 is 0 Å². The predicted molar refractivity (Wildman–Crippen MR) is 134 cm³/mol. The monoisotopic (exact) mass is 494 g/mol. The molecule has 4 rings (SSSR count). The predicted octanol–water partition coefficient (Wildman–Crippen LogP) is 3.04. The fourth-order valence-corrected chi connectivity index (χ4v) is 4.67. The largest absolute Gasteiger partial charge is 1.00 e. The molecular formula is C28H31ClN2O4. The molecule has 35 heavy (non-hydrogen) atoms. The second-order valence-corrected chi connectivity index (χ2v) is 9.71. The molecule has 6 nitrogen and oxygen atoms in total. The van der Waals surface area contributed by atoms with E-state index in [1.807, 2.05) is 24.3 Å². The topological polar surface area (TPSA) is 64.6 Å². The Balaban J connectivity index is 0.00000342. The van der Waals surface area contributed by atoms with Gasteiger partial charge < -0.3 is 21.9 Å². The fourth-order valence-electron chi connectivity index (χ4n) is 4.67. The summed E-state index contributed by atoms with van der Waals surface area (Å²) in [6.45, 7) is 8.65. The highest BCUT2D eigenvalue weighted by molar-refractivity contribution is 6.12. The van der Waals surface area contributed by atoms with Crippen LogP contribution in [0.4, 0.5) is 11.4 Å². The molecule has 1 aliphatic heterocycles. The lowest BCUT2D eigenvalue weighted by Crippen LogP contribution is -3.00. The normalized spacial score (nSPS) is 15.2. The number of nitro benzene ring substituents is 1. The number of methoxy groups -OCH3 is 2. The summed E-state index contributed by atoms with van der Waals surface area (Å²) in [7, 11) is 3.25. The molecule has 0 fully saturated rings. The first-order valence-electron chi connectivity index (χ1n) is 11.4. The quantitative estimate of drug-likeness (QED) is 0.311. The summed E-state index contributed by atoms with van der Waals surface area (Å²) in [5, 5.41) is 11.9. The molecule has 3 aromatic carbocycles. The van der Waals surface area contributed by atoms with Crippen LogP contribution < -0.4 is 21.9 Å². The van der Waals surface area contributed by atoms with Gasteiger partial charge in [-0.3, -0.25) is 10.1 Å². The molecule has 1 unspecified atom stereocenters. The van der Waals surface area contributed by atoms with Gasteiger partial charge in [-0.15, -0.1) is 0 Å². The van der Waals surface area contributed by atoms with Crippen molar-refractivity contribution in [1.82, 2.24) is 0 Å². The number of fused-ring (bicyclic) bond motifs is 1. The van der Waals surface area contributed by atoms with Crippen molar-refractivity contribution in [3.63, 3.8) is 0 Å². The summed E-state index contributed by atoms with van der Waals surface area (Å²) in [6.07, 6.45) is 0.714. The molecule has 0 radical (unpaired) electrons. The van der Waals surface area contributed by atoms with Crippen LogP contribution in [0, 0.1) is 10.1 Å². The van der Waals surface area contributed by atoms with Crippen molar-refractivity contribution in [1.29, 1.82) is 0 Å². The maximum atomic E-state index is 11.9. The van der Waals surface area contributed by atoms with Gasteiger partial charge in [-0.05, 0) is 47.7 Å². The molecule has 0 saturated carbocycles. The van der Waals surface area contributed by atoms with Crippen molar-refractivity contribution < 1.29 is 31.4 Å². The summed E-state index contributed by atoms with van der Waals surface area (Å²) in [5.41, 5.74) is 5.93. The summed E-state index contributed by atoms with van der Waals surface area (Å²) >= 11 is 0. The number of ether oxygens (including phenoxy) is 2. The lowest BCUT2D eigenvalue weighted by atomic mass is 9.84. The van der Waals surface area contributed by atoms with Crippen LogP contribution in [0.15, 0.2) is 60.7 Å². The number of nitrogens with zero attached hydrogens (tertiary/aromatic N) is 2. The summed E-state index contributed by atoms with van der Waals surface area (Å²) in [6, 6.07) is 19.4. The number of para-hydroxylation sites is 2. The molecule has 0 aromatic heterocycles. The van der Waals surface area contributed by atoms with Crippen LogP contribution in [0.1, 0.15) is 49.9 Å². The molecule has 0 bridgehead atoms. The third kappa shape index (κ3) is 4.89. The SMILES string of the molecule is COc1cc2c(cc1OC)C(c1ccc(C(C)(C)C)cc1)=[N+](c1ccccc1[N+](=O)[O-])C(C)C2.[Cl-]. The first-order chi connectivity index (χ1) is 16.2. The minimum absolute atomic E-state index is 0. The number of benzene rings is 3. The van der Waals surface area contributed by atoms with Gasteiger partial charge in [-0.1, -0.05) is 45.0 Å². The Labute approximate surface area is 212 Å². The molecule has 1 aliphatic rings. The smallest absolute Gasteiger partial charge is 0.339 e. The van der Waals surface area contributed by atoms with Gasteiger partial charge in [0.2, 0.25) is 5.71 Å². The van der Waals surface area contributed by atoms with Gasteiger partial charge in [0.25, 0.3) is 5.69 Å². The van der Waals surface area contributed by atoms with Crippen molar-refractivity contribution in [3.05, 3.63) is 93.0 Å². The highest BCUT2D eigenvalue weighted by atomic mass is 35.5. The maximum Gasteiger partial charge on any atom is 0.339 e. The molecule has 0 N–H and O–H groups in total. The van der Waals surface area contributed by atoms with E-state index in [9.17, 15) is 10.1 Å². The van der Waals surface area contributed by atoms with Gasteiger partial charge in [0.15, 0.2) is 17.5 Å². The number of nitro groups is 1. The van der Waals surface area contributed by atoms with Gasteiger partial charge >= 0.3 is 5.69 Å². The first kappa shape index (κ1) is 26.2. The third-order valence-corrected chi connectivity index (χ3v) is 6.42. The minimum Gasteiger partial charge on any atom is -1.00 e. The molecule has 1 atom stereocenters. The van der Waals surface area contributed by atoms with Crippen molar-refractivity contribution >= 4 is 17.1 Å². The van der Waals surface area contributed by atoms with E-state index < -0.39 is 0 Å². The van der Waals surface area contributed by atoms with Crippen molar-refractivity contribution in [2.75, 3.05) is 14.2 Å². The number of halogens is 1. The standard InChI is InChI=1S/C28H31N2O4.ClH/c1-18-15-20-16-25(33-5)26(34-6)17-22(20)27(19-11-13-21(14-12-19)28(2,3)4)29(18)23-9-7-8-10-24(23)30(31)32;/h7-14,16-18H,15H2,1-6H3;1H/q+1;/p-1. The lowest BCUT2D eigenvalue weighted by Gasteiger charge is -2.25. The van der Waals surface area contributed by atoms with E-state index in [0.717, 1.165) is 22.4 Å². The minimum atomic E-state index is -0.313. The van der Waals surface area contributed by atoms with Crippen LogP contribution in [0.5, 0.6) is 11.5 Å². The molecule has 3 aromatic rings. The van der Waals surface area contributed by atoms with Crippen LogP contribution in [0.3, 0.4) is 0 Å². The van der Waals surface area contributed by atoms with E-state index in [4.69, 9.17) is 9.47 Å². The van der Waals surface area contributed by atoms with E-state index in [1.54, 1.807) is 26.4 Å². The average molecular weight is 495 g/mol. The van der Waals surface area contributed by atoms with Crippen LogP contribution in [-0.2, 0) is 11.8 Å². The van der Waals surface area contributed by atoms with Crippen LogP contribution >= 0.6 is 0 Å². The Bertz CT molecular complexity index is 1280. The Morgan fingerprint density at radius 2 is 1.57 bits per heavy atom. The van der Waals surface area contributed by atoms with Gasteiger partial charge in [0, 0.05) is 24.1 Å². The van der Waals surface area contributed by atoms with Crippen LogP contribution in [0.2, 0.25) is 0 Å². The summed E-state index contributed by atoms with van der Waals surface area (Å²) in [4.78, 5) is 11.6.